The van der Waals surface area contributed by atoms with Crippen molar-refractivity contribution in [3.05, 3.63) is 0 Å². The summed E-state index contributed by atoms with van der Waals surface area (Å²) in [6.07, 6.45) is 6.86. The molecule has 4 heteroatoms. The predicted molar refractivity (Wildman–Crippen MR) is 56.5 cm³/mol. The largest absolute Gasteiger partial charge is 0.388 e. The molecule has 0 saturated heterocycles. The predicted octanol–water partition coefficient (Wildman–Crippen LogP) is 1.45. The zero-order valence-corrected chi connectivity index (χ0v) is 8.62. The lowest BCUT2D eigenvalue weighted by Crippen LogP contribution is -2.34. The van der Waals surface area contributed by atoms with Crippen LogP contribution in [-0.2, 0) is 4.84 Å². The van der Waals surface area contributed by atoms with Crippen LogP contribution in [0.4, 0.5) is 0 Å². The molecule has 0 aromatic carbocycles. The number of hydrogen-bond donors (Lipinski definition) is 1. The molecule has 1 aliphatic heterocycles. The number of rotatable bonds is 1. The van der Waals surface area contributed by atoms with Crippen LogP contribution in [0.15, 0.2) is 10.1 Å². The van der Waals surface area contributed by atoms with Gasteiger partial charge in [0.05, 0.1) is 0 Å². The van der Waals surface area contributed by atoms with E-state index < -0.39 is 0 Å². The molecule has 0 bridgehead atoms. The van der Waals surface area contributed by atoms with Gasteiger partial charge in [0, 0.05) is 13.5 Å². The Hall–Kier alpha value is -1.06. The first-order valence-electron chi connectivity index (χ1n) is 5.23. The third kappa shape index (κ3) is 1.61. The van der Waals surface area contributed by atoms with Gasteiger partial charge in [-0.25, -0.2) is 0 Å². The van der Waals surface area contributed by atoms with E-state index in [9.17, 15) is 0 Å². The van der Waals surface area contributed by atoms with Gasteiger partial charge in [-0.1, -0.05) is 11.6 Å². The third-order valence-corrected chi connectivity index (χ3v) is 3.14. The first-order valence-corrected chi connectivity index (χ1v) is 5.23. The molecule has 14 heavy (non-hydrogen) atoms. The molecule has 1 spiro atoms. The van der Waals surface area contributed by atoms with Crippen molar-refractivity contribution in [2.24, 2.45) is 15.9 Å². The average molecular weight is 195 g/mol. The van der Waals surface area contributed by atoms with E-state index in [4.69, 9.17) is 10.6 Å². The lowest BCUT2D eigenvalue weighted by Gasteiger charge is -2.30. The highest BCUT2D eigenvalue weighted by molar-refractivity contribution is 6.41. The Labute approximate surface area is 84.2 Å². The maximum atomic E-state index is 5.71. The lowest BCUT2D eigenvalue weighted by molar-refractivity contribution is -0.0449. The SMILES string of the molecule is CN=C(N)C1=NOC2(CCCCC2)C1. The Morgan fingerprint density at radius 3 is 2.79 bits per heavy atom. The minimum Gasteiger partial charge on any atom is -0.388 e. The van der Waals surface area contributed by atoms with Crippen molar-refractivity contribution in [2.45, 2.75) is 44.1 Å². The van der Waals surface area contributed by atoms with Gasteiger partial charge >= 0.3 is 0 Å². The molecule has 0 aromatic heterocycles. The zero-order valence-electron chi connectivity index (χ0n) is 8.62. The van der Waals surface area contributed by atoms with Crippen molar-refractivity contribution in [2.75, 3.05) is 7.05 Å². The molecule has 78 valence electrons. The van der Waals surface area contributed by atoms with Crippen molar-refractivity contribution < 1.29 is 4.84 Å². The average Bonchev–Trinajstić information content (AvgIpc) is 2.62. The standard InChI is InChI=1S/C10H17N3O/c1-12-9(11)8-7-10(14-13-8)5-3-2-4-6-10/h2-7H2,1H3,(H2,11,12). The van der Waals surface area contributed by atoms with Crippen LogP contribution in [0, 0.1) is 0 Å². The van der Waals surface area contributed by atoms with Gasteiger partial charge in [-0.3, -0.25) is 4.99 Å². The van der Waals surface area contributed by atoms with Gasteiger partial charge in [-0.15, -0.1) is 0 Å². The molecule has 1 saturated carbocycles. The molecule has 0 atom stereocenters. The number of hydrogen-bond acceptors (Lipinski definition) is 3. The fraction of sp³-hybridized carbons (Fsp3) is 0.800. The molecule has 1 fully saturated rings. The quantitative estimate of drug-likeness (QED) is 0.508. The maximum Gasteiger partial charge on any atom is 0.143 e. The molecule has 0 radical (unpaired) electrons. The highest BCUT2D eigenvalue weighted by atomic mass is 16.7. The summed E-state index contributed by atoms with van der Waals surface area (Å²) in [7, 11) is 1.68. The summed E-state index contributed by atoms with van der Waals surface area (Å²) in [6, 6.07) is 0. The molecule has 2 aliphatic rings. The van der Waals surface area contributed by atoms with Crippen LogP contribution in [0.25, 0.3) is 0 Å². The second-order valence-electron chi connectivity index (χ2n) is 4.16. The van der Waals surface area contributed by atoms with Crippen LogP contribution in [0.1, 0.15) is 38.5 Å². The number of oxime groups is 1. The van der Waals surface area contributed by atoms with E-state index in [-0.39, 0.29) is 5.60 Å². The second-order valence-corrected chi connectivity index (χ2v) is 4.16. The number of nitrogens with zero attached hydrogens (tertiary/aromatic N) is 2. The zero-order chi connectivity index (χ0) is 10.0. The Bertz CT molecular complexity index is 277. The van der Waals surface area contributed by atoms with E-state index in [1.807, 2.05) is 0 Å². The van der Waals surface area contributed by atoms with Crippen molar-refractivity contribution in [1.29, 1.82) is 0 Å². The monoisotopic (exact) mass is 195 g/mol. The van der Waals surface area contributed by atoms with Crippen molar-refractivity contribution in [3.63, 3.8) is 0 Å². The van der Waals surface area contributed by atoms with E-state index in [1.165, 1.54) is 19.3 Å². The first-order chi connectivity index (χ1) is 6.76. The molecule has 4 nitrogen and oxygen atoms in total. The smallest absolute Gasteiger partial charge is 0.143 e. The van der Waals surface area contributed by atoms with E-state index in [1.54, 1.807) is 7.05 Å². The Morgan fingerprint density at radius 1 is 1.43 bits per heavy atom. The number of amidine groups is 1. The highest BCUT2D eigenvalue weighted by Gasteiger charge is 2.40. The molecule has 1 aliphatic carbocycles. The molecule has 1 heterocycles. The van der Waals surface area contributed by atoms with E-state index in [2.05, 4.69) is 10.1 Å². The summed E-state index contributed by atoms with van der Waals surface area (Å²) < 4.78 is 0. The summed E-state index contributed by atoms with van der Waals surface area (Å²) in [4.78, 5) is 9.48. The van der Waals surface area contributed by atoms with Gasteiger partial charge in [-0.2, -0.15) is 0 Å². The van der Waals surface area contributed by atoms with Gasteiger partial charge in [0.2, 0.25) is 0 Å². The van der Waals surface area contributed by atoms with Crippen LogP contribution in [-0.4, -0.2) is 24.2 Å². The summed E-state index contributed by atoms with van der Waals surface area (Å²) in [5.41, 5.74) is 6.50. The maximum absolute atomic E-state index is 5.71. The van der Waals surface area contributed by atoms with E-state index in [0.29, 0.717) is 5.84 Å². The molecule has 2 N–H and O–H groups in total. The van der Waals surface area contributed by atoms with Gasteiger partial charge in [0.15, 0.2) is 0 Å². The summed E-state index contributed by atoms with van der Waals surface area (Å²) in [6.45, 7) is 0. The van der Waals surface area contributed by atoms with E-state index >= 15 is 0 Å². The summed E-state index contributed by atoms with van der Waals surface area (Å²) >= 11 is 0. The van der Waals surface area contributed by atoms with Crippen LogP contribution in [0.2, 0.25) is 0 Å². The Balaban J connectivity index is 2.03. The van der Waals surface area contributed by atoms with Crippen molar-refractivity contribution in [1.82, 2.24) is 0 Å². The lowest BCUT2D eigenvalue weighted by atomic mass is 9.81. The van der Waals surface area contributed by atoms with Crippen LogP contribution < -0.4 is 5.73 Å². The van der Waals surface area contributed by atoms with Crippen LogP contribution >= 0.6 is 0 Å². The fourth-order valence-corrected chi connectivity index (χ4v) is 2.25. The third-order valence-electron chi connectivity index (χ3n) is 3.14. The number of aliphatic imine (C=N–C) groups is 1. The van der Waals surface area contributed by atoms with Crippen molar-refractivity contribution in [3.8, 4) is 0 Å². The second kappa shape index (κ2) is 3.59. The first kappa shape index (κ1) is 9.49. The van der Waals surface area contributed by atoms with Crippen molar-refractivity contribution >= 4 is 11.5 Å². The normalized spacial score (nSPS) is 26.1. The van der Waals surface area contributed by atoms with Gasteiger partial charge < -0.3 is 10.6 Å². The Morgan fingerprint density at radius 2 is 2.14 bits per heavy atom. The van der Waals surface area contributed by atoms with Gasteiger partial charge in [0.25, 0.3) is 0 Å². The Kier molecular flexibility index (Phi) is 2.44. The van der Waals surface area contributed by atoms with Crippen LogP contribution in [0.3, 0.4) is 0 Å². The topological polar surface area (TPSA) is 60.0 Å². The molecular formula is C10H17N3O. The summed E-state index contributed by atoms with van der Waals surface area (Å²) in [5.74, 6) is 0.521. The number of nitrogens with two attached hydrogens (primary N) is 1. The minimum absolute atomic E-state index is 0.0388. The molecular weight excluding hydrogens is 178 g/mol. The van der Waals surface area contributed by atoms with Gasteiger partial charge in [-0.05, 0) is 25.7 Å². The molecule has 2 rings (SSSR count). The van der Waals surface area contributed by atoms with Gasteiger partial charge in [0.1, 0.15) is 17.1 Å². The fourth-order valence-electron chi connectivity index (χ4n) is 2.25. The molecule has 0 amide bonds. The highest BCUT2D eigenvalue weighted by Crippen LogP contribution is 2.38. The van der Waals surface area contributed by atoms with Crippen LogP contribution in [0.5, 0.6) is 0 Å². The summed E-state index contributed by atoms with van der Waals surface area (Å²) in [5, 5.41) is 4.04. The molecule has 0 aromatic rings. The molecule has 0 unspecified atom stereocenters. The minimum atomic E-state index is -0.0388. The van der Waals surface area contributed by atoms with E-state index in [0.717, 1.165) is 25.0 Å².